The van der Waals surface area contributed by atoms with Crippen LogP contribution in [0.4, 0.5) is 0 Å². The van der Waals surface area contributed by atoms with Gasteiger partial charge in [-0.2, -0.15) is 5.10 Å². The van der Waals surface area contributed by atoms with Crippen LogP contribution >= 0.6 is 0 Å². The van der Waals surface area contributed by atoms with E-state index < -0.39 is 0 Å². The summed E-state index contributed by atoms with van der Waals surface area (Å²) in [5.41, 5.74) is 1.70. The van der Waals surface area contributed by atoms with E-state index in [-0.39, 0.29) is 5.78 Å². The second-order valence-electron chi connectivity index (χ2n) is 3.44. The zero-order valence-corrected chi connectivity index (χ0v) is 8.66. The molecule has 1 rings (SSSR count). The Kier molecular flexibility index (Phi) is 2.86. The molecule has 1 aromatic rings. The van der Waals surface area contributed by atoms with Crippen molar-refractivity contribution in [1.29, 1.82) is 0 Å². The lowest BCUT2D eigenvalue weighted by Gasteiger charge is -2.01. The predicted molar refractivity (Wildman–Crippen MR) is 51.9 cm³/mol. The molecule has 3 heteroatoms. The highest BCUT2D eigenvalue weighted by atomic mass is 16.1. The van der Waals surface area contributed by atoms with E-state index in [1.807, 2.05) is 13.1 Å². The quantitative estimate of drug-likeness (QED) is 0.668. The molecule has 13 heavy (non-hydrogen) atoms. The van der Waals surface area contributed by atoms with Crippen molar-refractivity contribution in [2.45, 2.75) is 33.1 Å². The molecule has 1 heterocycles. The molecular weight excluding hydrogens is 164 g/mol. The Labute approximate surface area is 78.8 Å². The van der Waals surface area contributed by atoms with E-state index in [1.54, 1.807) is 11.6 Å². The smallest absolute Gasteiger partial charge is 0.177 e. The number of rotatable bonds is 3. The summed E-state index contributed by atoms with van der Waals surface area (Å²) in [6, 6.07) is 1.89. The van der Waals surface area contributed by atoms with Crippen LogP contribution in [0.25, 0.3) is 0 Å². The summed E-state index contributed by atoms with van der Waals surface area (Å²) in [5.74, 6) is 0.504. The molecule has 0 saturated carbocycles. The Morgan fingerprint density at radius 2 is 2.31 bits per heavy atom. The van der Waals surface area contributed by atoms with Crippen LogP contribution < -0.4 is 0 Å². The number of hydrogen-bond donors (Lipinski definition) is 0. The minimum Gasteiger partial charge on any atom is -0.293 e. The molecule has 0 aliphatic rings. The fourth-order valence-corrected chi connectivity index (χ4v) is 1.27. The fourth-order valence-electron chi connectivity index (χ4n) is 1.27. The highest BCUT2D eigenvalue weighted by Crippen LogP contribution is 2.17. The summed E-state index contributed by atoms with van der Waals surface area (Å²) < 4.78 is 1.66. The van der Waals surface area contributed by atoms with Gasteiger partial charge in [0.1, 0.15) is 5.69 Å². The number of aryl methyl sites for hydroxylation is 1. The molecule has 1 aromatic heterocycles. The lowest BCUT2D eigenvalue weighted by atomic mass is 10.1. The molecule has 0 aliphatic carbocycles. The SMILES string of the molecule is CCC(C)c1cc(C(C)=O)n(C)n1. The van der Waals surface area contributed by atoms with Crippen molar-refractivity contribution in [3.63, 3.8) is 0 Å². The number of carbonyl (C=O) groups excluding carboxylic acids is 1. The topological polar surface area (TPSA) is 34.9 Å². The number of nitrogens with zero attached hydrogens (tertiary/aromatic N) is 2. The normalized spacial score (nSPS) is 12.9. The third kappa shape index (κ3) is 1.97. The van der Waals surface area contributed by atoms with Crippen molar-refractivity contribution in [3.05, 3.63) is 17.5 Å². The van der Waals surface area contributed by atoms with Gasteiger partial charge in [-0.15, -0.1) is 0 Å². The molecule has 0 amide bonds. The molecule has 0 fully saturated rings. The molecule has 0 radical (unpaired) electrons. The number of Topliss-reactive ketones (excluding diaryl/α,β-unsaturated/α-hetero) is 1. The Hall–Kier alpha value is -1.12. The molecule has 1 unspecified atom stereocenters. The van der Waals surface area contributed by atoms with Crippen LogP contribution in [0.15, 0.2) is 6.07 Å². The zero-order chi connectivity index (χ0) is 10.0. The molecule has 0 saturated heterocycles. The van der Waals surface area contributed by atoms with Gasteiger partial charge in [0.2, 0.25) is 0 Å². The lowest BCUT2D eigenvalue weighted by Crippen LogP contribution is -2.02. The average molecular weight is 180 g/mol. The van der Waals surface area contributed by atoms with Gasteiger partial charge < -0.3 is 0 Å². The van der Waals surface area contributed by atoms with Crippen molar-refractivity contribution in [2.75, 3.05) is 0 Å². The maximum Gasteiger partial charge on any atom is 0.177 e. The van der Waals surface area contributed by atoms with Gasteiger partial charge in [0.25, 0.3) is 0 Å². The van der Waals surface area contributed by atoms with E-state index in [0.29, 0.717) is 11.6 Å². The monoisotopic (exact) mass is 180 g/mol. The van der Waals surface area contributed by atoms with E-state index in [9.17, 15) is 4.79 Å². The van der Waals surface area contributed by atoms with E-state index in [2.05, 4.69) is 18.9 Å². The summed E-state index contributed by atoms with van der Waals surface area (Å²) >= 11 is 0. The molecule has 3 nitrogen and oxygen atoms in total. The maximum absolute atomic E-state index is 11.1. The van der Waals surface area contributed by atoms with Gasteiger partial charge in [-0.25, -0.2) is 0 Å². The van der Waals surface area contributed by atoms with Crippen LogP contribution in [-0.2, 0) is 7.05 Å². The Bertz CT molecular complexity index is 315. The molecule has 0 N–H and O–H groups in total. The highest BCUT2D eigenvalue weighted by Gasteiger charge is 2.12. The Morgan fingerprint density at radius 3 is 2.69 bits per heavy atom. The van der Waals surface area contributed by atoms with E-state index >= 15 is 0 Å². The number of carbonyl (C=O) groups is 1. The minimum atomic E-state index is 0.0737. The van der Waals surface area contributed by atoms with Gasteiger partial charge in [0.05, 0.1) is 5.69 Å². The van der Waals surface area contributed by atoms with Crippen LogP contribution in [0.3, 0.4) is 0 Å². The predicted octanol–water partition coefficient (Wildman–Crippen LogP) is 2.14. The molecule has 0 aliphatic heterocycles. The number of aromatic nitrogens is 2. The summed E-state index contributed by atoms with van der Waals surface area (Å²) in [6.07, 6.45) is 1.05. The van der Waals surface area contributed by atoms with Crippen LogP contribution in [0.1, 0.15) is 49.3 Å². The van der Waals surface area contributed by atoms with Crippen molar-refractivity contribution < 1.29 is 4.79 Å². The van der Waals surface area contributed by atoms with E-state index in [4.69, 9.17) is 0 Å². The van der Waals surface area contributed by atoms with Gasteiger partial charge >= 0.3 is 0 Å². The zero-order valence-electron chi connectivity index (χ0n) is 8.66. The second-order valence-corrected chi connectivity index (χ2v) is 3.44. The van der Waals surface area contributed by atoms with Crippen molar-refractivity contribution in [1.82, 2.24) is 9.78 Å². The highest BCUT2D eigenvalue weighted by molar-refractivity contribution is 5.92. The summed E-state index contributed by atoms with van der Waals surface area (Å²) in [6.45, 7) is 5.80. The molecule has 1 atom stereocenters. The van der Waals surface area contributed by atoms with Crippen LogP contribution in [0.2, 0.25) is 0 Å². The third-order valence-corrected chi connectivity index (χ3v) is 2.38. The van der Waals surface area contributed by atoms with Gasteiger partial charge in [0, 0.05) is 14.0 Å². The molecular formula is C10H16N2O. The van der Waals surface area contributed by atoms with Gasteiger partial charge in [-0.3, -0.25) is 9.48 Å². The van der Waals surface area contributed by atoms with Crippen molar-refractivity contribution >= 4 is 5.78 Å². The maximum atomic E-state index is 11.1. The van der Waals surface area contributed by atoms with E-state index in [0.717, 1.165) is 12.1 Å². The minimum absolute atomic E-state index is 0.0737. The van der Waals surface area contributed by atoms with Crippen molar-refractivity contribution in [2.24, 2.45) is 7.05 Å². The molecule has 72 valence electrons. The third-order valence-electron chi connectivity index (χ3n) is 2.38. The van der Waals surface area contributed by atoms with Gasteiger partial charge in [-0.1, -0.05) is 13.8 Å². The standard InChI is InChI=1S/C10H16N2O/c1-5-7(2)9-6-10(8(3)13)12(4)11-9/h6-7H,5H2,1-4H3. The molecule has 0 bridgehead atoms. The Morgan fingerprint density at radius 1 is 1.69 bits per heavy atom. The average Bonchev–Trinajstić information content (AvgIpc) is 2.46. The van der Waals surface area contributed by atoms with Crippen molar-refractivity contribution in [3.8, 4) is 0 Å². The largest absolute Gasteiger partial charge is 0.293 e. The molecule has 0 aromatic carbocycles. The van der Waals surface area contributed by atoms with Crippen LogP contribution in [-0.4, -0.2) is 15.6 Å². The first-order valence-corrected chi connectivity index (χ1v) is 4.61. The molecule has 0 spiro atoms. The van der Waals surface area contributed by atoms with Gasteiger partial charge in [-0.05, 0) is 18.4 Å². The van der Waals surface area contributed by atoms with E-state index in [1.165, 1.54) is 0 Å². The summed E-state index contributed by atoms with van der Waals surface area (Å²) in [7, 11) is 1.81. The first-order chi connectivity index (χ1) is 6.06. The number of ketones is 1. The summed E-state index contributed by atoms with van der Waals surface area (Å²) in [4.78, 5) is 11.1. The summed E-state index contributed by atoms with van der Waals surface area (Å²) in [5, 5.41) is 4.30. The number of hydrogen-bond acceptors (Lipinski definition) is 2. The first kappa shape index (κ1) is 9.96. The fraction of sp³-hybridized carbons (Fsp3) is 0.600. The first-order valence-electron chi connectivity index (χ1n) is 4.61. The second kappa shape index (κ2) is 3.73. The van der Waals surface area contributed by atoms with Gasteiger partial charge in [0.15, 0.2) is 5.78 Å². The van der Waals surface area contributed by atoms with Crippen LogP contribution in [0, 0.1) is 0 Å². The Balaban J connectivity index is 3.01. The van der Waals surface area contributed by atoms with Crippen LogP contribution in [0.5, 0.6) is 0 Å². The lowest BCUT2D eigenvalue weighted by molar-refractivity contribution is 0.100.